The van der Waals surface area contributed by atoms with Crippen molar-refractivity contribution in [2.45, 2.75) is 0 Å². The lowest BCUT2D eigenvalue weighted by atomic mass is 9.89. The SMILES string of the molecule is COc1ccc2c(ccc3c(-c4c(O)ccc5c4ccc4cc(OC)ccc45)c(O)ccc32)c1. The van der Waals surface area contributed by atoms with Crippen LogP contribution in [0.15, 0.2) is 84.9 Å². The van der Waals surface area contributed by atoms with E-state index in [-0.39, 0.29) is 11.5 Å². The van der Waals surface area contributed by atoms with E-state index in [9.17, 15) is 10.2 Å². The molecular formula is C30H22O4. The van der Waals surface area contributed by atoms with Gasteiger partial charge in [-0.15, -0.1) is 0 Å². The fourth-order valence-corrected chi connectivity index (χ4v) is 5.01. The van der Waals surface area contributed by atoms with Crippen molar-refractivity contribution >= 4 is 43.1 Å². The number of hydrogen-bond acceptors (Lipinski definition) is 4. The first-order valence-corrected chi connectivity index (χ1v) is 11.0. The third-order valence-electron chi connectivity index (χ3n) is 6.65. The molecule has 0 radical (unpaired) electrons. The highest BCUT2D eigenvalue weighted by atomic mass is 16.5. The van der Waals surface area contributed by atoms with Crippen LogP contribution in [-0.4, -0.2) is 24.4 Å². The van der Waals surface area contributed by atoms with Gasteiger partial charge in [-0.05, 0) is 79.5 Å². The number of fused-ring (bicyclic) bond motifs is 6. The molecule has 0 saturated carbocycles. The highest BCUT2D eigenvalue weighted by Gasteiger charge is 2.18. The van der Waals surface area contributed by atoms with Crippen LogP contribution in [0.3, 0.4) is 0 Å². The maximum Gasteiger partial charge on any atom is 0.124 e. The Morgan fingerprint density at radius 2 is 0.824 bits per heavy atom. The molecule has 0 bridgehead atoms. The molecule has 0 amide bonds. The summed E-state index contributed by atoms with van der Waals surface area (Å²) in [5.41, 5.74) is 1.23. The number of phenols is 2. The molecule has 6 aromatic rings. The quantitative estimate of drug-likeness (QED) is 0.278. The van der Waals surface area contributed by atoms with E-state index < -0.39 is 0 Å². The Kier molecular flexibility index (Phi) is 4.49. The number of hydrogen-bond donors (Lipinski definition) is 2. The fourth-order valence-electron chi connectivity index (χ4n) is 5.01. The Morgan fingerprint density at radius 1 is 0.441 bits per heavy atom. The van der Waals surface area contributed by atoms with Crippen LogP contribution in [0.2, 0.25) is 0 Å². The van der Waals surface area contributed by atoms with Crippen molar-refractivity contribution in [1.29, 1.82) is 0 Å². The first-order chi connectivity index (χ1) is 16.6. The van der Waals surface area contributed by atoms with Gasteiger partial charge in [0, 0.05) is 11.1 Å². The van der Waals surface area contributed by atoms with Crippen molar-refractivity contribution in [3.05, 3.63) is 84.9 Å². The lowest BCUT2D eigenvalue weighted by Gasteiger charge is -2.16. The molecule has 6 aromatic carbocycles. The third-order valence-corrected chi connectivity index (χ3v) is 6.65. The summed E-state index contributed by atoms with van der Waals surface area (Å²) >= 11 is 0. The van der Waals surface area contributed by atoms with Crippen LogP contribution in [0.4, 0.5) is 0 Å². The van der Waals surface area contributed by atoms with Crippen LogP contribution in [0.5, 0.6) is 23.0 Å². The Labute approximate surface area is 196 Å². The predicted molar refractivity (Wildman–Crippen MR) is 138 cm³/mol. The summed E-state index contributed by atoms with van der Waals surface area (Å²) in [6.45, 7) is 0. The Morgan fingerprint density at radius 3 is 1.24 bits per heavy atom. The number of ether oxygens (including phenoxy) is 2. The van der Waals surface area contributed by atoms with Gasteiger partial charge in [-0.3, -0.25) is 0 Å². The first kappa shape index (κ1) is 20.2. The summed E-state index contributed by atoms with van der Waals surface area (Å²) in [5.74, 6) is 1.83. The summed E-state index contributed by atoms with van der Waals surface area (Å²) in [6, 6.07) is 27.2. The monoisotopic (exact) mass is 446 g/mol. The molecule has 0 fully saturated rings. The Balaban J connectivity index is 1.70. The second-order valence-electron chi connectivity index (χ2n) is 8.41. The zero-order valence-corrected chi connectivity index (χ0v) is 18.8. The van der Waals surface area contributed by atoms with Gasteiger partial charge in [0.05, 0.1) is 14.2 Å². The largest absolute Gasteiger partial charge is 0.507 e. The number of aromatic hydroxyl groups is 2. The molecule has 34 heavy (non-hydrogen) atoms. The maximum absolute atomic E-state index is 11.0. The van der Waals surface area contributed by atoms with Crippen LogP contribution in [-0.2, 0) is 0 Å². The molecule has 0 atom stereocenters. The molecule has 0 heterocycles. The second-order valence-corrected chi connectivity index (χ2v) is 8.41. The number of methoxy groups -OCH3 is 2. The minimum absolute atomic E-state index is 0.123. The topological polar surface area (TPSA) is 58.9 Å². The van der Waals surface area contributed by atoms with E-state index in [4.69, 9.17) is 9.47 Å². The van der Waals surface area contributed by atoms with E-state index >= 15 is 0 Å². The maximum atomic E-state index is 11.0. The van der Waals surface area contributed by atoms with Crippen molar-refractivity contribution < 1.29 is 19.7 Å². The van der Waals surface area contributed by atoms with Crippen molar-refractivity contribution in [3.8, 4) is 34.1 Å². The summed E-state index contributed by atoms with van der Waals surface area (Å²) in [7, 11) is 3.31. The zero-order chi connectivity index (χ0) is 23.4. The molecule has 166 valence electrons. The van der Waals surface area contributed by atoms with Gasteiger partial charge in [0.1, 0.15) is 23.0 Å². The van der Waals surface area contributed by atoms with Gasteiger partial charge >= 0.3 is 0 Å². The summed E-state index contributed by atoms with van der Waals surface area (Å²) in [5, 5.41) is 30.0. The van der Waals surface area contributed by atoms with E-state index in [0.717, 1.165) is 54.6 Å². The minimum atomic E-state index is 0.123. The van der Waals surface area contributed by atoms with Gasteiger partial charge in [0.25, 0.3) is 0 Å². The predicted octanol–water partition coefficient (Wildman–Crippen LogP) is 7.39. The van der Waals surface area contributed by atoms with Crippen molar-refractivity contribution in [2.75, 3.05) is 14.2 Å². The second kappa shape index (κ2) is 7.56. The normalized spacial score (nSPS) is 11.5. The van der Waals surface area contributed by atoms with E-state index in [0.29, 0.717) is 11.1 Å². The van der Waals surface area contributed by atoms with E-state index in [1.807, 2.05) is 72.8 Å². The van der Waals surface area contributed by atoms with Crippen molar-refractivity contribution in [3.63, 3.8) is 0 Å². The molecule has 0 saturated heterocycles. The molecule has 2 N–H and O–H groups in total. The number of phenolic OH excluding ortho intramolecular Hbond substituents is 2. The molecule has 0 aliphatic carbocycles. The van der Waals surface area contributed by atoms with Crippen molar-refractivity contribution in [1.82, 2.24) is 0 Å². The highest BCUT2D eigenvalue weighted by Crippen LogP contribution is 2.47. The van der Waals surface area contributed by atoms with Gasteiger partial charge in [-0.1, -0.05) is 48.5 Å². The van der Waals surface area contributed by atoms with Crippen LogP contribution >= 0.6 is 0 Å². The zero-order valence-electron chi connectivity index (χ0n) is 18.8. The van der Waals surface area contributed by atoms with E-state index in [1.54, 1.807) is 26.4 Å². The molecule has 0 aromatic heterocycles. The van der Waals surface area contributed by atoms with Gasteiger partial charge in [0.2, 0.25) is 0 Å². The molecule has 0 aliphatic heterocycles. The Hall–Kier alpha value is -4.44. The highest BCUT2D eigenvalue weighted by molar-refractivity contribution is 6.19. The Bertz CT molecular complexity index is 1620. The lowest BCUT2D eigenvalue weighted by Crippen LogP contribution is -1.89. The summed E-state index contributed by atoms with van der Waals surface area (Å²) in [4.78, 5) is 0. The molecule has 4 nitrogen and oxygen atoms in total. The van der Waals surface area contributed by atoms with Gasteiger partial charge in [-0.2, -0.15) is 0 Å². The molecule has 0 aliphatic rings. The van der Waals surface area contributed by atoms with Crippen molar-refractivity contribution in [2.24, 2.45) is 0 Å². The van der Waals surface area contributed by atoms with Gasteiger partial charge < -0.3 is 19.7 Å². The molecule has 4 heteroatoms. The molecular weight excluding hydrogens is 424 g/mol. The lowest BCUT2D eigenvalue weighted by molar-refractivity contribution is 0.415. The average molecular weight is 447 g/mol. The fraction of sp³-hybridized carbons (Fsp3) is 0.0667. The van der Waals surface area contributed by atoms with Crippen LogP contribution < -0.4 is 9.47 Å². The molecule has 0 unspecified atom stereocenters. The molecule has 6 rings (SSSR count). The van der Waals surface area contributed by atoms with Crippen LogP contribution in [0.1, 0.15) is 0 Å². The standard InChI is InChI=1S/C30H22O4/c1-33-19-5-9-21-17(15-19)3-7-25-23(21)11-13-27(31)29(25)30-26-8-4-18-16-20(34-2)6-10-22(18)24(26)12-14-28(30)32/h3-16,31-32H,1-2H3. The third kappa shape index (κ3) is 2.92. The summed E-state index contributed by atoms with van der Waals surface area (Å²) in [6.07, 6.45) is 0. The van der Waals surface area contributed by atoms with Crippen LogP contribution in [0.25, 0.3) is 54.2 Å². The van der Waals surface area contributed by atoms with Gasteiger partial charge in [-0.25, -0.2) is 0 Å². The first-order valence-electron chi connectivity index (χ1n) is 11.0. The van der Waals surface area contributed by atoms with Gasteiger partial charge in [0.15, 0.2) is 0 Å². The summed E-state index contributed by atoms with van der Waals surface area (Å²) < 4.78 is 10.8. The molecule has 0 spiro atoms. The van der Waals surface area contributed by atoms with E-state index in [1.165, 1.54) is 0 Å². The van der Waals surface area contributed by atoms with Crippen LogP contribution in [0, 0.1) is 0 Å². The minimum Gasteiger partial charge on any atom is -0.507 e. The number of benzene rings is 6. The smallest absolute Gasteiger partial charge is 0.124 e. The number of rotatable bonds is 3. The van der Waals surface area contributed by atoms with E-state index in [2.05, 4.69) is 0 Å². The average Bonchev–Trinajstić information content (AvgIpc) is 2.87.